The maximum Gasteiger partial charge on any atom is 0.253 e. The minimum atomic E-state index is 0.0326. The van der Waals surface area contributed by atoms with Crippen LogP contribution in [0.4, 0.5) is 0 Å². The SMILES string of the molecule is CCN(CC)C(=O)c1ccc2c(O)cccc2c1. The summed E-state index contributed by atoms with van der Waals surface area (Å²) in [6.45, 7) is 5.34. The van der Waals surface area contributed by atoms with Crippen LogP contribution >= 0.6 is 0 Å². The molecule has 3 nitrogen and oxygen atoms in total. The summed E-state index contributed by atoms with van der Waals surface area (Å²) in [5, 5.41) is 11.4. The topological polar surface area (TPSA) is 40.5 Å². The van der Waals surface area contributed by atoms with Crippen molar-refractivity contribution in [3.63, 3.8) is 0 Å². The van der Waals surface area contributed by atoms with E-state index in [0.717, 1.165) is 10.8 Å². The summed E-state index contributed by atoms with van der Waals surface area (Å²) in [6.07, 6.45) is 0. The second kappa shape index (κ2) is 5.08. The van der Waals surface area contributed by atoms with Gasteiger partial charge in [-0.1, -0.05) is 12.1 Å². The van der Waals surface area contributed by atoms with Crippen LogP contribution in [0.2, 0.25) is 0 Å². The molecule has 0 radical (unpaired) electrons. The molecule has 0 spiro atoms. The maximum absolute atomic E-state index is 12.2. The molecule has 0 aliphatic heterocycles. The minimum absolute atomic E-state index is 0.0326. The summed E-state index contributed by atoms with van der Waals surface area (Å²) in [5.41, 5.74) is 0.664. The predicted molar refractivity (Wildman–Crippen MR) is 72.9 cm³/mol. The fourth-order valence-corrected chi connectivity index (χ4v) is 2.09. The molecule has 2 rings (SSSR count). The number of nitrogens with zero attached hydrogens (tertiary/aromatic N) is 1. The number of fused-ring (bicyclic) bond motifs is 1. The average molecular weight is 243 g/mol. The van der Waals surface area contributed by atoms with E-state index in [9.17, 15) is 9.90 Å². The van der Waals surface area contributed by atoms with E-state index >= 15 is 0 Å². The molecule has 0 unspecified atom stereocenters. The Bertz CT molecular complexity index is 574. The summed E-state index contributed by atoms with van der Waals surface area (Å²) in [4.78, 5) is 14.0. The van der Waals surface area contributed by atoms with Crippen LogP contribution in [0.25, 0.3) is 10.8 Å². The zero-order valence-electron chi connectivity index (χ0n) is 10.7. The molecule has 94 valence electrons. The first-order chi connectivity index (χ1) is 8.67. The zero-order valence-corrected chi connectivity index (χ0v) is 10.7. The van der Waals surface area contributed by atoms with Crippen molar-refractivity contribution < 1.29 is 9.90 Å². The monoisotopic (exact) mass is 243 g/mol. The van der Waals surface area contributed by atoms with Gasteiger partial charge >= 0.3 is 0 Å². The number of carbonyl (C=O) groups excluding carboxylic acids is 1. The second-order valence-corrected chi connectivity index (χ2v) is 4.19. The standard InChI is InChI=1S/C15H17NO2/c1-3-16(4-2)15(18)12-8-9-13-11(10-12)6-5-7-14(13)17/h5-10,17H,3-4H2,1-2H3. The number of amides is 1. The summed E-state index contributed by atoms with van der Waals surface area (Å²) in [7, 11) is 0. The highest BCUT2D eigenvalue weighted by Crippen LogP contribution is 2.25. The van der Waals surface area contributed by atoms with Gasteiger partial charge in [-0.3, -0.25) is 4.79 Å². The van der Waals surface area contributed by atoms with Crippen molar-refractivity contribution in [2.75, 3.05) is 13.1 Å². The quantitative estimate of drug-likeness (QED) is 0.900. The molecule has 0 atom stereocenters. The summed E-state index contributed by atoms with van der Waals surface area (Å²) in [6, 6.07) is 10.7. The number of rotatable bonds is 3. The Labute approximate surface area is 107 Å². The highest BCUT2D eigenvalue weighted by Gasteiger charge is 2.12. The van der Waals surface area contributed by atoms with Gasteiger partial charge in [0.1, 0.15) is 5.75 Å². The molecular formula is C15H17NO2. The molecule has 18 heavy (non-hydrogen) atoms. The lowest BCUT2D eigenvalue weighted by Crippen LogP contribution is -2.30. The van der Waals surface area contributed by atoms with Crippen LogP contribution in [0.1, 0.15) is 24.2 Å². The highest BCUT2D eigenvalue weighted by molar-refractivity contribution is 5.99. The van der Waals surface area contributed by atoms with Crippen molar-refractivity contribution in [1.29, 1.82) is 0 Å². The molecule has 1 amide bonds. The number of phenolic OH excluding ortho intramolecular Hbond substituents is 1. The Morgan fingerprint density at radius 2 is 1.89 bits per heavy atom. The van der Waals surface area contributed by atoms with Gasteiger partial charge in [0.15, 0.2) is 0 Å². The Balaban J connectivity index is 2.44. The normalized spacial score (nSPS) is 10.6. The van der Waals surface area contributed by atoms with Gasteiger partial charge in [-0.2, -0.15) is 0 Å². The number of hydrogen-bond donors (Lipinski definition) is 1. The second-order valence-electron chi connectivity index (χ2n) is 4.19. The van der Waals surface area contributed by atoms with Crippen molar-refractivity contribution >= 4 is 16.7 Å². The number of benzene rings is 2. The molecule has 2 aromatic rings. The van der Waals surface area contributed by atoms with E-state index in [0.29, 0.717) is 18.7 Å². The maximum atomic E-state index is 12.2. The molecule has 0 aromatic heterocycles. The van der Waals surface area contributed by atoms with Crippen LogP contribution in [0, 0.1) is 0 Å². The van der Waals surface area contributed by atoms with Gasteiger partial charge in [0, 0.05) is 24.0 Å². The van der Waals surface area contributed by atoms with Crippen molar-refractivity contribution in [3.05, 3.63) is 42.0 Å². The molecule has 3 heteroatoms. The van der Waals surface area contributed by atoms with Gasteiger partial charge in [0.25, 0.3) is 5.91 Å². The first kappa shape index (κ1) is 12.4. The Morgan fingerprint density at radius 1 is 1.17 bits per heavy atom. The summed E-state index contributed by atoms with van der Waals surface area (Å²) in [5.74, 6) is 0.277. The van der Waals surface area contributed by atoms with E-state index in [1.54, 1.807) is 29.2 Å². The van der Waals surface area contributed by atoms with E-state index in [1.807, 2.05) is 26.0 Å². The van der Waals surface area contributed by atoms with Crippen LogP contribution in [0.5, 0.6) is 5.75 Å². The van der Waals surface area contributed by atoms with E-state index in [-0.39, 0.29) is 11.7 Å². The fourth-order valence-electron chi connectivity index (χ4n) is 2.09. The van der Waals surface area contributed by atoms with Crippen molar-refractivity contribution in [2.45, 2.75) is 13.8 Å². The molecule has 1 N–H and O–H groups in total. The third-order valence-electron chi connectivity index (χ3n) is 3.16. The summed E-state index contributed by atoms with van der Waals surface area (Å²) < 4.78 is 0. The third-order valence-corrected chi connectivity index (χ3v) is 3.16. The Morgan fingerprint density at radius 3 is 2.56 bits per heavy atom. The van der Waals surface area contributed by atoms with Gasteiger partial charge < -0.3 is 10.0 Å². The van der Waals surface area contributed by atoms with Crippen molar-refractivity contribution in [1.82, 2.24) is 4.90 Å². The lowest BCUT2D eigenvalue weighted by molar-refractivity contribution is 0.0773. The van der Waals surface area contributed by atoms with Gasteiger partial charge in [0.05, 0.1) is 0 Å². The van der Waals surface area contributed by atoms with E-state index < -0.39 is 0 Å². The van der Waals surface area contributed by atoms with E-state index in [4.69, 9.17) is 0 Å². The summed E-state index contributed by atoms with van der Waals surface area (Å²) >= 11 is 0. The lowest BCUT2D eigenvalue weighted by atomic mass is 10.1. The van der Waals surface area contributed by atoms with Crippen molar-refractivity contribution in [3.8, 4) is 5.75 Å². The fraction of sp³-hybridized carbons (Fsp3) is 0.267. The number of phenols is 1. The molecule has 0 saturated heterocycles. The molecule has 0 saturated carbocycles. The first-order valence-corrected chi connectivity index (χ1v) is 6.18. The van der Waals surface area contributed by atoms with Gasteiger partial charge in [-0.05, 0) is 43.5 Å². The van der Waals surface area contributed by atoms with Gasteiger partial charge in [-0.25, -0.2) is 0 Å². The molecular weight excluding hydrogens is 226 g/mol. The molecule has 0 aliphatic rings. The average Bonchev–Trinajstić information content (AvgIpc) is 2.40. The predicted octanol–water partition coefficient (Wildman–Crippen LogP) is 3.03. The zero-order chi connectivity index (χ0) is 13.1. The number of carbonyl (C=O) groups is 1. The van der Waals surface area contributed by atoms with E-state index in [1.165, 1.54) is 0 Å². The number of hydrogen-bond acceptors (Lipinski definition) is 2. The van der Waals surface area contributed by atoms with Crippen LogP contribution in [-0.4, -0.2) is 29.0 Å². The molecule has 0 heterocycles. The molecule has 0 aliphatic carbocycles. The Hall–Kier alpha value is -2.03. The third kappa shape index (κ3) is 2.16. The van der Waals surface area contributed by atoms with Crippen LogP contribution in [0.3, 0.4) is 0 Å². The Kier molecular flexibility index (Phi) is 3.51. The molecule has 2 aromatic carbocycles. The highest BCUT2D eigenvalue weighted by atomic mass is 16.3. The van der Waals surface area contributed by atoms with Crippen LogP contribution in [0.15, 0.2) is 36.4 Å². The first-order valence-electron chi connectivity index (χ1n) is 6.18. The van der Waals surface area contributed by atoms with E-state index in [2.05, 4.69) is 0 Å². The van der Waals surface area contributed by atoms with Gasteiger partial charge in [0.2, 0.25) is 0 Å². The van der Waals surface area contributed by atoms with Gasteiger partial charge in [-0.15, -0.1) is 0 Å². The van der Waals surface area contributed by atoms with Crippen molar-refractivity contribution in [2.24, 2.45) is 0 Å². The number of aromatic hydroxyl groups is 1. The molecule has 0 bridgehead atoms. The minimum Gasteiger partial charge on any atom is -0.507 e. The molecule has 0 fully saturated rings. The van der Waals surface area contributed by atoms with Crippen LogP contribution < -0.4 is 0 Å². The smallest absolute Gasteiger partial charge is 0.253 e. The largest absolute Gasteiger partial charge is 0.507 e. The van der Waals surface area contributed by atoms with Crippen LogP contribution in [-0.2, 0) is 0 Å². The lowest BCUT2D eigenvalue weighted by Gasteiger charge is -2.18.